The summed E-state index contributed by atoms with van der Waals surface area (Å²) in [6.07, 6.45) is 0. The van der Waals surface area contributed by atoms with E-state index in [4.69, 9.17) is 12.2 Å². The first kappa shape index (κ1) is 15.9. The Labute approximate surface area is 144 Å². The molecule has 0 heterocycles. The third-order valence-corrected chi connectivity index (χ3v) is 3.88. The van der Waals surface area contributed by atoms with Gasteiger partial charge in [-0.2, -0.15) is 0 Å². The molecule has 0 aliphatic carbocycles. The number of hydrogen-bond acceptors (Lipinski definition) is 3. The Hall–Kier alpha value is -2.99. The minimum Gasteiger partial charge on any atom is -0.332 e. The molecule has 3 aromatic carbocycles. The molecule has 2 N–H and O–H groups in total. The Morgan fingerprint density at radius 1 is 1.00 bits per heavy atom. The number of non-ortho nitro benzene ring substituents is 1. The molecular weight excluding hydrogens is 322 g/mol. The second-order valence-electron chi connectivity index (χ2n) is 5.40. The van der Waals surface area contributed by atoms with Crippen molar-refractivity contribution < 1.29 is 4.92 Å². The van der Waals surface area contributed by atoms with Crippen molar-refractivity contribution in [2.24, 2.45) is 0 Å². The predicted molar refractivity (Wildman–Crippen MR) is 102 cm³/mol. The first-order valence-electron chi connectivity index (χ1n) is 7.35. The third-order valence-electron chi connectivity index (χ3n) is 3.68. The van der Waals surface area contributed by atoms with E-state index in [2.05, 4.69) is 16.7 Å². The second kappa shape index (κ2) is 6.64. The molecule has 0 saturated heterocycles. The zero-order chi connectivity index (χ0) is 17.1. The van der Waals surface area contributed by atoms with Gasteiger partial charge in [-0.15, -0.1) is 0 Å². The zero-order valence-corrected chi connectivity index (χ0v) is 13.8. The maximum Gasteiger partial charge on any atom is 0.269 e. The van der Waals surface area contributed by atoms with E-state index in [9.17, 15) is 10.1 Å². The van der Waals surface area contributed by atoms with E-state index in [1.54, 1.807) is 13.0 Å². The lowest BCUT2D eigenvalue weighted by Crippen LogP contribution is -2.19. The van der Waals surface area contributed by atoms with Crippen LogP contribution in [0.3, 0.4) is 0 Å². The Morgan fingerprint density at radius 3 is 2.46 bits per heavy atom. The van der Waals surface area contributed by atoms with Gasteiger partial charge in [0, 0.05) is 23.5 Å². The van der Waals surface area contributed by atoms with Crippen molar-refractivity contribution in [3.63, 3.8) is 0 Å². The van der Waals surface area contributed by atoms with Gasteiger partial charge < -0.3 is 10.6 Å². The van der Waals surface area contributed by atoms with E-state index in [1.165, 1.54) is 12.1 Å². The number of benzene rings is 3. The summed E-state index contributed by atoms with van der Waals surface area (Å²) < 4.78 is 0. The van der Waals surface area contributed by atoms with E-state index in [0.717, 1.165) is 27.7 Å². The van der Waals surface area contributed by atoms with Crippen LogP contribution >= 0.6 is 12.2 Å². The summed E-state index contributed by atoms with van der Waals surface area (Å²) in [7, 11) is 0. The molecular formula is C18H15N3O2S. The Balaban J connectivity index is 1.74. The van der Waals surface area contributed by atoms with Crippen LogP contribution in [0.4, 0.5) is 17.1 Å². The molecule has 0 unspecified atom stereocenters. The summed E-state index contributed by atoms with van der Waals surface area (Å²) in [6, 6.07) is 18.7. The molecule has 24 heavy (non-hydrogen) atoms. The monoisotopic (exact) mass is 337 g/mol. The molecule has 0 amide bonds. The van der Waals surface area contributed by atoms with Gasteiger partial charge in [-0.05, 0) is 53.7 Å². The fraction of sp³-hybridized carbons (Fsp3) is 0.0556. The minimum atomic E-state index is -0.414. The van der Waals surface area contributed by atoms with Gasteiger partial charge in [0.05, 0.1) is 4.92 Å². The van der Waals surface area contributed by atoms with E-state index >= 15 is 0 Å². The number of anilines is 2. The zero-order valence-electron chi connectivity index (χ0n) is 12.9. The lowest BCUT2D eigenvalue weighted by atomic mass is 10.1. The number of nitrogens with zero attached hydrogens (tertiary/aromatic N) is 1. The molecule has 0 fully saturated rings. The number of hydrogen-bond donors (Lipinski definition) is 2. The number of nitro groups is 1. The molecule has 3 rings (SSSR count). The molecule has 0 aliphatic rings. The molecule has 5 nitrogen and oxygen atoms in total. The molecule has 6 heteroatoms. The Kier molecular flexibility index (Phi) is 4.39. The van der Waals surface area contributed by atoms with Crippen molar-refractivity contribution in [2.75, 3.05) is 10.6 Å². The fourth-order valence-corrected chi connectivity index (χ4v) is 2.68. The third kappa shape index (κ3) is 3.49. The van der Waals surface area contributed by atoms with E-state index < -0.39 is 4.92 Å². The van der Waals surface area contributed by atoms with Crippen molar-refractivity contribution in [3.05, 3.63) is 76.3 Å². The SMILES string of the molecule is Cc1cc([N+](=O)[O-])ccc1NC(=S)Nc1ccc2ccccc2c1. The maximum atomic E-state index is 10.8. The molecule has 0 aliphatic heterocycles. The van der Waals surface area contributed by atoms with Crippen LogP contribution < -0.4 is 10.6 Å². The van der Waals surface area contributed by atoms with Crippen molar-refractivity contribution in [1.29, 1.82) is 0 Å². The van der Waals surface area contributed by atoms with Crippen LogP contribution in [0.5, 0.6) is 0 Å². The minimum absolute atomic E-state index is 0.0615. The number of thiocarbonyl (C=S) groups is 1. The average molecular weight is 337 g/mol. The molecule has 3 aromatic rings. The van der Waals surface area contributed by atoms with Crippen molar-refractivity contribution >= 4 is 45.2 Å². The van der Waals surface area contributed by atoms with Gasteiger partial charge in [0.2, 0.25) is 0 Å². The summed E-state index contributed by atoms with van der Waals surface area (Å²) in [5, 5.41) is 19.7. The van der Waals surface area contributed by atoms with Gasteiger partial charge in [0.1, 0.15) is 0 Å². The smallest absolute Gasteiger partial charge is 0.269 e. The van der Waals surface area contributed by atoms with E-state index in [0.29, 0.717) is 5.11 Å². The quantitative estimate of drug-likeness (QED) is 0.406. The highest BCUT2D eigenvalue weighted by Gasteiger charge is 2.09. The molecule has 0 radical (unpaired) electrons. The van der Waals surface area contributed by atoms with Crippen LogP contribution in [0, 0.1) is 17.0 Å². The lowest BCUT2D eigenvalue weighted by Gasteiger charge is -2.13. The first-order chi connectivity index (χ1) is 11.5. The van der Waals surface area contributed by atoms with E-state index in [-0.39, 0.29) is 5.69 Å². The number of nitro benzene ring substituents is 1. The summed E-state index contributed by atoms with van der Waals surface area (Å²) in [4.78, 5) is 10.4. The van der Waals surface area contributed by atoms with Crippen LogP contribution in [0.15, 0.2) is 60.7 Å². The van der Waals surface area contributed by atoms with Gasteiger partial charge in [-0.1, -0.05) is 30.3 Å². The maximum absolute atomic E-state index is 10.8. The predicted octanol–water partition coefficient (Wildman–Crippen LogP) is 4.87. The van der Waals surface area contributed by atoms with Gasteiger partial charge in [0.15, 0.2) is 5.11 Å². The van der Waals surface area contributed by atoms with Crippen molar-refractivity contribution in [3.8, 4) is 0 Å². The molecule has 0 bridgehead atoms. The van der Waals surface area contributed by atoms with Gasteiger partial charge >= 0.3 is 0 Å². The van der Waals surface area contributed by atoms with Crippen LogP contribution in [0.25, 0.3) is 10.8 Å². The largest absolute Gasteiger partial charge is 0.332 e. The van der Waals surface area contributed by atoms with Crippen LogP contribution in [-0.4, -0.2) is 10.0 Å². The topological polar surface area (TPSA) is 67.2 Å². The number of rotatable bonds is 3. The molecule has 120 valence electrons. The number of nitrogens with one attached hydrogen (secondary N) is 2. The number of aryl methyl sites for hydroxylation is 1. The summed E-state index contributed by atoms with van der Waals surface area (Å²) in [5.41, 5.74) is 2.43. The van der Waals surface area contributed by atoms with Gasteiger partial charge in [-0.3, -0.25) is 10.1 Å². The Bertz CT molecular complexity index is 940. The normalized spacial score (nSPS) is 10.4. The summed E-state index contributed by atoms with van der Waals surface area (Å²) >= 11 is 5.33. The van der Waals surface area contributed by atoms with Crippen LogP contribution in [0.1, 0.15) is 5.56 Å². The summed E-state index contributed by atoms with van der Waals surface area (Å²) in [6.45, 7) is 1.80. The van der Waals surface area contributed by atoms with E-state index in [1.807, 2.05) is 36.4 Å². The molecule has 0 saturated carbocycles. The van der Waals surface area contributed by atoms with Gasteiger partial charge in [-0.25, -0.2) is 0 Å². The highest BCUT2D eigenvalue weighted by atomic mass is 32.1. The van der Waals surface area contributed by atoms with Crippen LogP contribution in [-0.2, 0) is 0 Å². The molecule has 0 atom stereocenters. The van der Waals surface area contributed by atoms with Crippen molar-refractivity contribution in [1.82, 2.24) is 0 Å². The van der Waals surface area contributed by atoms with Crippen molar-refractivity contribution in [2.45, 2.75) is 6.92 Å². The Morgan fingerprint density at radius 2 is 1.75 bits per heavy atom. The standard InChI is InChI=1S/C18H15N3O2S/c1-12-10-16(21(22)23)8-9-17(12)20-18(24)19-15-7-6-13-4-2-3-5-14(13)11-15/h2-11H,1H3,(H2,19,20,24). The highest BCUT2D eigenvalue weighted by molar-refractivity contribution is 7.80. The number of fused-ring (bicyclic) bond motifs is 1. The molecule has 0 spiro atoms. The fourth-order valence-electron chi connectivity index (χ4n) is 2.45. The summed E-state index contributed by atoms with van der Waals surface area (Å²) in [5.74, 6) is 0. The van der Waals surface area contributed by atoms with Crippen LogP contribution in [0.2, 0.25) is 0 Å². The highest BCUT2D eigenvalue weighted by Crippen LogP contribution is 2.22. The lowest BCUT2D eigenvalue weighted by molar-refractivity contribution is -0.384. The molecule has 0 aromatic heterocycles. The first-order valence-corrected chi connectivity index (χ1v) is 7.75. The van der Waals surface area contributed by atoms with Gasteiger partial charge in [0.25, 0.3) is 5.69 Å². The average Bonchev–Trinajstić information content (AvgIpc) is 2.56. The second-order valence-corrected chi connectivity index (χ2v) is 5.81.